The number of anilines is 1. The minimum absolute atomic E-state index is 0.544. The van der Waals surface area contributed by atoms with Crippen molar-refractivity contribution in [1.82, 2.24) is 4.98 Å². The molecule has 2 N–H and O–H groups in total. The van der Waals surface area contributed by atoms with Crippen LogP contribution in [-0.4, -0.2) is 18.6 Å². The summed E-state index contributed by atoms with van der Waals surface area (Å²) in [6.07, 6.45) is 4.65. The fourth-order valence-corrected chi connectivity index (χ4v) is 2.55. The van der Waals surface area contributed by atoms with Crippen LogP contribution < -0.4 is 10.6 Å². The smallest absolute Gasteiger partial charge is 0.0723 e. The molecule has 0 bridgehead atoms. The Kier molecular flexibility index (Phi) is 2.92. The zero-order valence-corrected chi connectivity index (χ0v) is 10.8. The molecule has 0 radical (unpaired) electrons. The Bertz CT molecular complexity index is 561. The van der Waals surface area contributed by atoms with Gasteiger partial charge in [-0.25, -0.2) is 0 Å². The molecule has 1 aliphatic carbocycles. The fraction of sp³-hybridized carbons (Fsp3) is 0.400. The van der Waals surface area contributed by atoms with Crippen molar-refractivity contribution in [2.45, 2.75) is 19.4 Å². The average Bonchev–Trinajstić information content (AvgIpc) is 3.21. The van der Waals surface area contributed by atoms with Crippen molar-refractivity contribution in [2.75, 3.05) is 18.5 Å². The van der Waals surface area contributed by atoms with Gasteiger partial charge in [-0.15, -0.1) is 0 Å². The van der Waals surface area contributed by atoms with Gasteiger partial charge in [0.05, 0.1) is 11.2 Å². The van der Waals surface area contributed by atoms with Crippen molar-refractivity contribution in [3.63, 3.8) is 0 Å². The Morgan fingerprint density at radius 1 is 1.33 bits per heavy atom. The molecule has 0 saturated heterocycles. The summed E-state index contributed by atoms with van der Waals surface area (Å²) in [4.78, 5) is 6.83. The highest BCUT2D eigenvalue weighted by atomic mass is 15.1. The lowest BCUT2D eigenvalue weighted by Crippen LogP contribution is -2.22. The summed E-state index contributed by atoms with van der Waals surface area (Å²) in [6.45, 7) is 1.67. The second kappa shape index (κ2) is 4.58. The zero-order valence-electron chi connectivity index (χ0n) is 10.8. The van der Waals surface area contributed by atoms with Crippen LogP contribution in [0.15, 0.2) is 30.5 Å². The second-order valence-electron chi connectivity index (χ2n) is 5.18. The third-order valence-corrected chi connectivity index (χ3v) is 3.65. The number of benzene rings is 1. The van der Waals surface area contributed by atoms with Crippen LogP contribution in [0.2, 0.25) is 0 Å². The van der Waals surface area contributed by atoms with Crippen molar-refractivity contribution in [1.29, 1.82) is 0 Å². The normalized spacial score (nSPS) is 15.0. The molecule has 94 valence electrons. The van der Waals surface area contributed by atoms with E-state index in [1.165, 1.54) is 23.9 Å². The van der Waals surface area contributed by atoms with E-state index < -0.39 is 0 Å². The summed E-state index contributed by atoms with van der Waals surface area (Å²) in [7, 11) is 2.17. The number of pyridine rings is 1. The van der Waals surface area contributed by atoms with Crippen LogP contribution in [0.4, 0.5) is 5.69 Å². The van der Waals surface area contributed by atoms with E-state index in [9.17, 15) is 0 Å². The van der Waals surface area contributed by atoms with E-state index in [2.05, 4.69) is 35.1 Å². The van der Waals surface area contributed by atoms with Crippen LogP contribution in [0, 0.1) is 5.92 Å². The SMILES string of the molecule is CN(CC1CC1)c1c(CN)cnc2ccccc12. The molecular formula is C15H19N3. The first-order valence-electron chi connectivity index (χ1n) is 6.57. The summed E-state index contributed by atoms with van der Waals surface area (Å²) < 4.78 is 0. The number of nitrogens with zero attached hydrogens (tertiary/aromatic N) is 2. The molecule has 0 aliphatic heterocycles. The van der Waals surface area contributed by atoms with Gasteiger partial charge in [-0.3, -0.25) is 4.98 Å². The fourth-order valence-electron chi connectivity index (χ4n) is 2.55. The number of para-hydroxylation sites is 1. The van der Waals surface area contributed by atoms with E-state index in [4.69, 9.17) is 5.73 Å². The molecule has 0 atom stereocenters. The molecule has 1 aliphatic rings. The summed E-state index contributed by atoms with van der Waals surface area (Å²) in [6, 6.07) is 8.30. The van der Waals surface area contributed by atoms with Gasteiger partial charge in [-0.1, -0.05) is 18.2 Å². The van der Waals surface area contributed by atoms with E-state index in [1.54, 1.807) is 0 Å². The van der Waals surface area contributed by atoms with Gasteiger partial charge in [0.25, 0.3) is 0 Å². The van der Waals surface area contributed by atoms with Crippen molar-refractivity contribution in [3.8, 4) is 0 Å². The summed E-state index contributed by atoms with van der Waals surface area (Å²) in [5.41, 5.74) is 9.30. The molecule has 1 fully saturated rings. The van der Waals surface area contributed by atoms with Gasteiger partial charge in [-0.05, 0) is 24.8 Å². The molecule has 1 aromatic carbocycles. The maximum absolute atomic E-state index is 5.86. The first-order chi connectivity index (χ1) is 8.79. The van der Waals surface area contributed by atoms with Gasteiger partial charge in [0, 0.05) is 37.3 Å². The number of rotatable bonds is 4. The van der Waals surface area contributed by atoms with Crippen molar-refractivity contribution < 1.29 is 0 Å². The summed E-state index contributed by atoms with van der Waals surface area (Å²) >= 11 is 0. The predicted octanol–water partition coefficient (Wildman–Crippen LogP) is 2.54. The van der Waals surface area contributed by atoms with Gasteiger partial charge in [0.15, 0.2) is 0 Å². The first-order valence-corrected chi connectivity index (χ1v) is 6.57. The Morgan fingerprint density at radius 2 is 2.11 bits per heavy atom. The van der Waals surface area contributed by atoms with Gasteiger partial charge >= 0.3 is 0 Å². The third kappa shape index (κ3) is 2.06. The summed E-state index contributed by atoms with van der Waals surface area (Å²) in [5, 5.41) is 1.21. The van der Waals surface area contributed by atoms with Gasteiger partial charge in [0.2, 0.25) is 0 Å². The molecule has 0 spiro atoms. The highest BCUT2D eigenvalue weighted by molar-refractivity contribution is 5.93. The highest BCUT2D eigenvalue weighted by Gasteiger charge is 2.24. The number of fused-ring (bicyclic) bond motifs is 1. The monoisotopic (exact) mass is 241 g/mol. The Hall–Kier alpha value is -1.61. The molecule has 1 heterocycles. The second-order valence-corrected chi connectivity index (χ2v) is 5.18. The topological polar surface area (TPSA) is 42.1 Å². The lowest BCUT2D eigenvalue weighted by molar-refractivity contribution is 0.784. The molecule has 18 heavy (non-hydrogen) atoms. The largest absolute Gasteiger partial charge is 0.373 e. The minimum atomic E-state index is 0.544. The lowest BCUT2D eigenvalue weighted by Gasteiger charge is -2.23. The molecular weight excluding hydrogens is 222 g/mol. The van der Waals surface area contributed by atoms with Gasteiger partial charge in [0.1, 0.15) is 0 Å². The van der Waals surface area contributed by atoms with Crippen molar-refractivity contribution in [2.24, 2.45) is 11.7 Å². The Morgan fingerprint density at radius 3 is 2.83 bits per heavy atom. The number of hydrogen-bond acceptors (Lipinski definition) is 3. The van der Waals surface area contributed by atoms with Gasteiger partial charge in [-0.2, -0.15) is 0 Å². The van der Waals surface area contributed by atoms with E-state index in [0.717, 1.165) is 23.5 Å². The van der Waals surface area contributed by atoms with Crippen LogP contribution >= 0.6 is 0 Å². The highest BCUT2D eigenvalue weighted by Crippen LogP contribution is 2.34. The molecule has 1 saturated carbocycles. The van der Waals surface area contributed by atoms with Crippen molar-refractivity contribution >= 4 is 16.6 Å². The lowest BCUT2D eigenvalue weighted by atomic mass is 10.1. The van der Waals surface area contributed by atoms with Gasteiger partial charge < -0.3 is 10.6 Å². The maximum Gasteiger partial charge on any atom is 0.0723 e. The zero-order chi connectivity index (χ0) is 12.5. The Balaban J connectivity index is 2.09. The number of aromatic nitrogens is 1. The molecule has 2 aromatic rings. The van der Waals surface area contributed by atoms with E-state index in [1.807, 2.05) is 12.3 Å². The average molecular weight is 241 g/mol. The van der Waals surface area contributed by atoms with Crippen LogP contribution in [0.1, 0.15) is 18.4 Å². The van der Waals surface area contributed by atoms with E-state index in [-0.39, 0.29) is 0 Å². The third-order valence-electron chi connectivity index (χ3n) is 3.65. The maximum atomic E-state index is 5.86. The molecule has 0 amide bonds. The van der Waals surface area contributed by atoms with Crippen LogP contribution in [0.5, 0.6) is 0 Å². The standard InChI is InChI=1S/C15H19N3/c1-18(10-11-6-7-11)15-12(8-16)9-17-14-5-3-2-4-13(14)15/h2-5,9,11H,6-8,10,16H2,1H3. The van der Waals surface area contributed by atoms with Crippen molar-refractivity contribution in [3.05, 3.63) is 36.0 Å². The van der Waals surface area contributed by atoms with E-state index in [0.29, 0.717) is 6.54 Å². The minimum Gasteiger partial charge on any atom is -0.373 e. The first kappa shape index (κ1) is 11.5. The Labute approximate surface area is 108 Å². The molecule has 3 heteroatoms. The molecule has 3 nitrogen and oxygen atoms in total. The number of nitrogens with two attached hydrogens (primary N) is 1. The van der Waals surface area contributed by atoms with E-state index >= 15 is 0 Å². The molecule has 0 unspecified atom stereocenters. The van der Waals surface area contributed by atoms with Crippen LogP contribution in [0.3, 0.4) is 0 Å². The summed E-state index contributed by atoms with van der Waals surface area (Å²) in [5.74, 6) is 0.868. The number of hydrogen-bond donors (Lipinski definition) is 1. The predicted molar refractivity (Wildman–Crippen MR) is 75.6 cm³/mol. The van der Waals surface area contributed by atoms with Crippen LogP contribution in [-0.2, 0) is 6.54 Å². The quantitative estimate of drug-likeness (QED) is 0.894. The van der Waals surface area contributed by atoms with Crippen LogP contribution in [0.25, 0.3) is 10.9 Å². The molecule has 3 rings (SSSR count). The molecule has 1 aromatic heterocycles.